The smallest absolute Gasteiger partial charge is 0.408 e. The molecular weight excluding hydrogens is 1510 g/mol. The number of ketones is 3. The van der Waals surface area contributed by atoms with E-state index in [0.29, 0.717) is 79.3 Å². The first-order valence-electron chi connectivity index (χ1n) is 43.0. The Labute approximate surface area is 691 Å². The largest absolute Gasteiger partial charge is 0.488 e. The summed E-state index contributed by atoms with van der Waals surface area (Å²) >= 11 is 0. The molecule has 0 unspecified atom stereocenters. The van der Waals surface area contributed by atoms with Gasteiger partial charge in [-0.1, -0.05) is 114 Å². The summed E-state index contributed by atoms with van der Waals surface area (Å²) in [6.45, 7) is 25.2. The maximum Gasteiger partial charge on any atom is 0.408 e. The molecule has 6 aliphatic heterocycles. The van der Waals surface area contributed by atoms with Gasteiger partial charge in [0.15, 0.2) is 34.7 Å². The molecule has 6 amide bonds. The van der Waals surface area contributed by atoms with Gasteiger partial charge in [-0.05, 0) is 152 Å². The van der Waals surface area contributed by atoms with Crippen LogP contribution in [0.5, 0.6) is 17.5 Å². The predicted molar refractivity (Wildman–Crippen MR) is 436 cm³/mol. The fraction of sp³-hybridized carbons (Fsp3) is 0.690. The standard InChI is InChI=1S/C87H123N15O16/c1-15-58-66-46-102(72(58)52(6)105)76(106)73(84(7,8)9)95-83(112)118-87(14)39-56(87)29-23-18-22-28-55-43-99-57(41-91-69(99)38-62(55)113-66)40-85(10,11)74-77(107)101-45-65(49(3)71(101)51(5)104)115-80-94-68(93-79(109)98(80)35-25-17-16-20-26-53-36-60(53)116-81(110)96-74)32-34-89-47-86(12,13)75-78(108)100-44-64(48(2)70(100)50(4)103)114-63-42-90-67(31-33-88)92-59(63)30-24-19-21-27-54-37-61(54)117-82(111)97-75/h31-34,38,41-43,48-49,53-54,56,58,60-61,64-66,70-75,89H,15-30,35-37,39-40,44-47,88H2,1-14H3,(H,95,112)(H,96,110)(H,97,111)/t48-,49-,53-,54-,56-,58-,60-,61-,64+,65+,66+,70+,71+,72-,73-,74-,75-,87-/m1/s1. The fourth-order valence-corrected chi connectivity index (χ4v) is 19.2. The van der Waals surface area contributed by atoms with Crippen LogP contribution >= 0.6 is 0 Å². The zero-order valence-electron chi connectivity index (χ0n) is 71.2. The molecule has 13 rings (SSSR count). The second kappa shape index (κ2) is 35.3. The minimum Gasteiger partial charge on any atom is -0.488 e. The van der Waals surface area contributed by atoms with Crippen molar-refractivity contribution in [2.75, 3.05) is 26.2 Å². The van der Waals surface area contributed by atoms with Gasteiger partial charge in [0.1, 0.15) is 65.6 Å². The number of carbonyl (C=O) groups excluding carboxylic acids is 9. The maximum atomic E-state index is 16.0. The van der Waals surface area contributed by atoms with Gasteiger partial charge in [-0.2, -0.15) is 9.97 Å². The monoisotopic (exact) mass is 1630 g/mol. The van der Waals surface area contributed by atoms with Crippen LogP contribution in [0.4, 0.5) is 14.4 Å². The van der Waals surface area contributed by atoms with Crippen LogP contribution < -0.4 is 46.9 Å². The van der Waals surface area contributed by atoms with E-state index in [1.54, 1.807) is 23.4 Å². The van der Waals surface area contributed by atoms with E-state index in [9.17, 15) is 38.4 Å². The molecule has 0 aromatic carbocycles. The Balaban J connectivity index is 0.756. The van der Waals surface area contributed by atoms with Crippen LogP contribution in [0, 0.1) is 51.8 Å². The van der Waals surface area contributed by atoms with E-state index < -0.39 is 136 Å². The number of carbonyl (C=O) groups is 9. The number of pyridine rings is 1. The third-order valence-corrected chi connectivity index (χ3v) is 26.4. The number of imidazole rings is 1. The molecule has 10 heterocycles. The molecule has 4 aromatic rings. The number of aryl methyl sites for hydroxylation is 2. The third-order valence-electron chi connectivity index (χ3n) is 26.4. The summed E-state index contributed by atoms with van der Waals surface area (Å²) in [5.41, 5.74) is 4.25. The molecule has 18 atom stereocenters. The number of Topliss-reactive ketones (excluding diaryl/α,β-unsaturated/α-hetero) is 3. The molecular formula is C87H123N15O16. The Hall–Kier alpha value is -9.71. The van der Waals surface area contributed by atoms with Gasteiger partial charge >= 0.3 is 30.0 Å². The van der Waals surface area contributed by atoms with Crippen molar-refractivity contribution >= 4 is 71.2 Å². The van der Waals surface area contributed by atoms with Gasteiger partial charge in [0.25, 0.3) is 0 Å². The zero-order valence-corrected chi connectivity index (χ0v) is 71.2. The molecule has 3 aliphatic carbocycles. The Morgan fingerprint density at radius 1 is 0.602 bits per heavy atom. The highest BCUT2D eigenvalue weighted by molar-refractivity contribution is 5.95. The molecule has 118 heavy (non-hydrogen) atoms. The second-order valence-electron chi connectivity index (χ2n) is 37.6. The lowest BCUT2D eigenvalue weighted by molar-refractivity contribution is -0.141. The third kappa shape index (κ3) is 19.3. The zero-order chi connectivity index (χ0) is 84.6. The van der Waals surface area contributed by atoms with Crippen molar-refractivity contribution in [3.8, 4) is 17.5 Å². The van der Waals surface area contributed by atoms with Crippen LogP contribution in [0.3, 0.4) is 0 Å². The molecule has 642 valence electrons. The topological polar surface area (TPSA) is 384 Å². The van der Waals surface area contributed by atoms with Gasteiger partial charge in [0.05, 0.1) is 49.7 Å². The molecule has 6 N–H and O–H groups in total. The lowest BCUT2D eigenvalue weighted by Gasteiger charge is -2.37. The first-order chi connectivity index (χ1) is 56.0. The van der Waals surface area contributed by atoms with Gasteiger partial charge < -0.3 is 74.5 Å². The van der Waals surface area contributed by atoms with Crippen molar-refractivity contribution in [3.05, 3.63) is 76.1 Å². The van der Waals surface area contributed by atoms with Crippen LogP contribution in [-0.4, -0.2) is 200 Å². The van der Waals surface area contributed by atoms with Gasteiger partial charge in [-0.25, -0.2) is 38.7 Å². The van der Waals surface area contributed by atoms with Crippen molar-refractivity contribution in [2.24, 2.45) is 57.5 Å². The van der Waals surface area contributed by atoms with Crippen LogP contribution in [0.15, 0.2) is 41.9 Å². The highest BCUT2D eigenvalue weighted by atomic mass is 16.6. The van der Waals surface area contributed by atoms with Crippen LogP contribution in [0.25, 0.3) is 17.8 Å². The highest BCUT2D eigenvalue weighted by Gasteiger charge is 2.57. The molecule has 4 aromatic heterocycles. The Bertz CT molecular complexity index is 4570. The summed E-state index contributed by atoms with van der Waals surface area (Å²) in [6, 6.07) is -4.50. The first-order valence-corrected chi connectivity index (χ1v) is 43.0. The lowest BCUT2D eigenvalue weighted by atomic mass is 9.79. The van der Waals surface area contributed by atoms with Crippen molar-refractivity contribution in [2.45, 2.75) is 304 Å². The average Bonchev–Trinajstić information content (AvgIpc) is 1.60. The minimum absolute atomic E-state index is 0.0222. The number of hydrogen-bond donors (Lipinski definition) is 5. The van der Waals surface area contributed by atoms with E-state index in [0.717, 1.165) is 82.6 Å². The Kier molecular flexibility index (Phi) is 25.8. The summed E-state index contributed by atoms with van der Waals surface area (Å²) < 4.78 is 42.1. The number of aromatic nitrogens is 7. The normalized spacial score (nSPS) is 31.2. The number of alkyl carbamates (subject to hydrolysis) is 3. The van der Waals surface area contributed by atoms with Crippen molar-refractivity contribution in [3.63, 3.8) is 0 Å². The maximum absolute atomic E-state index is 16.0. The van der Waals surface area contributed by atoms with Crippen LogP contribution in [0.1, 0.15) is 235 Å². The molecule has 31 heteroatoms. The number of nitrogens with two attached hydrogens (primary N) is 1. The Morgan fingerprint density at radius 3 is 1.78 bits per heavy atom. The number of rotatable bonds is 13. The average molecular weight is 1640 g/mol. The molecule has 6 fully saturated rings. The number of fused-ring (bicyclic) bond motifs is 13. The summed E-state index contributed by atoms with van der Waals surface area (Å²) in [5, 5.41) is 12.1. The van der Waals surface area contributed by atoms with Crippen molar-refractivity contribution < 1.29 is 71.6 Å². The van der Waals surface area contributed by atoms with Gasteiger partial charge in [-0.3, -0.25) is 28.8 Å². The SMILES string of the molecule is CC[C@@H]1[C@@H]2CN(C(=O)[C@H](C(C)(C)C)NC(=O)O[C@]3(C)C[C@H]3CCCCCc3cn4c(CC(C)(C)[C@@H]5NC(=O)O[C@@H]6C[C@H]6CCCCCCn6c(nc(C=CNCC(C)(C)[C@@H]7NC(=O)O[C@@H]8C[C@H]8CCCCCc8nc(C=CN)ncc8O[C@H]8CN(C7=O)[C@H](C(C)=O)[C@@H]8C)nc6=O)O[C@H]6CN(C5=O)[C@H](C(C)=O)[C@@H]6C)cnc4cc3O2)[C@@H]1C(C)=O. The number of ether oxygens (including phenoxy) is 6. The van der Waals surface area contributed by atoms with E-state index in [-0.39, 0.29) is 98.3 Å². The van der Waals surface area contributed by atoms with E-state index >= 15 is 9.59 Å². The summed E-state index contributed by atoms with van der Waals surface area (Å²) in [4.78, 5) is 173. The van der Waals surface area contributed by atoms with Gasteiger partial charge in [0, 0.05) is 78.1 Å². The minimum atomic E-state index is -1.29. The molecule has 3 saturated carbocycles. The van der Waals surface area contributed by atoms with E-state index in [1.165, 1.54) is 53.6 Å². The first kappa shape index (κ1) is 86.1. The van der Waals surface area contributed by atoms with Gasteiger partial charge in [-0.15, -0.1) is 0 Å². The summed E-state index contributed by atoms with van der Waals surface area (Å²) in [5.74, 6) is -1.90. The van der Waals surface area contributed by atoms with Crippen molar-refractivity contribution in [1.82, 2.24) is 69.9 Å². The number of amides is 6. The highest BCUT2D eigenvalue weighted by Crippen LogP contribution is 2.50. The van der Waals surface area contributed by atoms with E-state index in [2.05, 4.69) is 31.2 Å². The van der Waals surface area contributed by atoms with E-state index in [1.807, 2.05) is 92.8 Å². The fourth-order valence-electron chi connectivity index (χ4n) is 19.2. The van der Waals surface area contributed by atoms with Gasteiger partial charge in [0.2, 0.25) is 17.7 Å². The molecule has 0 spiro atoms. The van der Waals surface area contributed by atoms with E-state index in [4.69, 9.17) is 49.1 Å². The lowest BCUT2D eigenvalue weighted by Crippen LogP contribution is -2.59. The molecule has 31 nitrogen and oxygen atoms in total. The van der Waals surface area contributed by atoms with Crippen molar-refractivity contribution in [1.29, 1.82) is 0 Å². The second-order valence-corrected chi connectivity index (χ2v) is 37.6. The molecule has 9 aliphatic rings. The molecule has 6 bridgehead atoms. The summed E-state index contributed by atoms with van der Waals surface area (Å²) in [7, 11) is 0. The summed E-state index contributed by atoms with van der Waals surface area (Å²) in [6.07, 6.45) is 21.0. The number of nitrogens with one attached hydrogen (secondary N) is 4. The predicted octanol–water partition coefficient (Wildman–Crippen LogP) is 9.58. The Morgan fingerprint density at radius 2 is 1.16 bits per heavy atom. The number of nitrogens with zero attached hydrogens (tertiary/aromatic N) is 10. The van der Waals surface area contributed by atoms with Crippen LogP contribution in [0.2, 0.25) is 0 Å². The van der Waals surface area contributed by atoms with Crippen LogP contribution in [-0.2, 0) is 68.8 Å². The molecule has 0 radical (unpaired) electrons. The molecule has 3 saturated heterocycles. The quantitative estimate of drug-likeness (QED) is 0.0777. The number of hydrogen-bond acceptors (Lipinski definition) is 23.